The van der Waals surface area contributed by atoms with E-state index in [1.54, 1.807) is 0 Å². The van der Waals surface area contributed by atoms with E-state index >= 15 is 0 Å². The Morgan fingerprint density at radius 3 is 2.95 bits per heavy atom. The monoisotopic (exact) mass is 263 g/mol. The summed E-state index contributed by atoms with van der Waals surface area (Å²) < 4.78 is 11.4. The van der Waals surface area contributed by atoms with Crippen LogP contribution in [0.25, 0.3) is 0 Å². The maximum atomic E-state index is 5.72. The first kappa shape index (κ1) is 14.4. The van der Waals surface area contributed by atoms with E-state index in [-0.39, 0.29) is 0 Å². The topological polar surface area (TPSA) is 30.5 Å². The lowest BCUT2D eigenvalue weighted by Crippen LogP contribution is -2.19. The zero-order chi connectivity index (χ0) is 13.5. The van der Waals surface area contributed by atoms with E-state index in [1.807, 2.05) is 20.0 Å². The molecule has 0 aliphatic carbocycles. The molecule has 0 amide bonds. The molecule has 0 saturated carbocycles. The first-order chi connectivity index (χ1) is 9.35. The summed E-state index contributed by atoms with van der Waals surface area (Å²) in [6.45, 7) is 3.67. The summed E-state index contributed by atoms with van der Waals surface area (Å²) in [6.07, 6.45) is 5.08. The van der Waals surface area contributed by atoms with E-state index in [0.29, 0.717) is 18.8 Å². The van der Waals surface area contributed by atoms with Crippen LogP contribution in [0.5, 0.6) is 5.75 Å². The Bertz CT molecular complexity index is 375. The van der Waals surface area contributed by atoms with E-state index in [1.165, 1.54) is 18.4 Å². The van der Waals surface area contributed by atoms with Crippen molar-refractivity contribution in [3.8, 4) is 5.75 Å². The quantitative estimate of drug-likeness (QED) is 0.818. The van der Waals surface area contributed by atoms with Crippen molar-refractivity contribution in [3.63, 3.8) is 0 Å². The summed E-state index contributed by atoms with van der Waals surface area (Å²) in [4.78, 5) is 0. The minimum absolute atomic E-state index is 0.340. The normalized spacial score (nSPS) is 20.4. The second-order valence-electron chi connectivity index (χ2n) is 5.02. The van der Waals surface area contributed by atoms with Crippen molar-refractivity contribution < 1.29 is 9.47 Å². The molecule has 106 valence electrons. The van der Waals surface area contributed by atoms with Crippen molar-refractivity contribution in [1.82, 2.24) is 5.32 Å². The summed E-state index contributed by atoms with van der Waals surface area (Å²) in [7, 11) is 2.02. The number of ether oxygens (including phenoxy) is 2. The molecule has 2 atom stereocenters. The highest BCUT2D eigenvalue weighted by atomic mass is 16.5. The van der Waals surface area contributed by atoms with Gasteiger partial charge in [0.2, 0.25) is 0 Å². The van der Waals surface area contributed by atoms with Gasteiger partial charge in [0.05, 0.1) is 12.7 Å². The van der Waals surface area contributed by atoms with Gasteiger partial charge in [-0.15, -0.1) is 0 Å². The molecule has 0 bridgehead atoms. The van der Waals surface area contributed by atoms with Crippen molar-refractivity contribution in [1.29, 1.82) is 0 Å². The van der Waals surface area contributed by atoms with Gasteiger partial charge in [0.1, 0.15) is 5.75 Å². The molecule has 1 saturated heterocycles. The second kappa shape index (κ2) is 7.51. The Balaban J connectivity index is 1.99. The molecular formula is C16H25NO2. The lowest BCUT2D eigenvalue weighted by atomic mass is 9.98. The summed E-state index contributed by atoms with van der Waals surface area (Å²) in [5.74, 6) is 0.997. The van der Waals surface area contributed by atoms with Gasteiger partial charge in [-0.2, -0.15) is 0 Å². The number of para-hydroxylation sites is 1. The van der Waals surface area contributed by atoms with Crippen LogP contribution < -0.4 is 10.1 Å². The molecule has 0 radical (unpaired) electrons. The molecule has 1 N–H and O–H groups in total. The van der Waals surface area contributed by atoms with E-state index in [2.05, 4.69) is 23.5 Å². The predicted octanol–water partition coefficient (Wildman–Crippen LogP) is 3.31. The smallest absolute Gasteiger partial charge is 0.124 e. The fourth-order valence-corrected chi connectivity index (χ4v) is 2.74. The van der Waals surface area contributed by atoms with Gasteiger partial charge in [0.25, 0.3) is 0 Å². The third-order valence-electron chi connectivity index (χ3n) is 3.74. The van der Waals surface area contributed by atoms with Gasteiger partial charge in [0.15, 0.2) is 0 Å². The molecule has 19 heavy (non-hydrogen) atoms. The number of rotatable bonds is 7. The maximum Gasteiger partial charge on any atom is 0.124 e. The molecule has 3 heteroatoms. The van der Waals surface area contributed by atoms with Crippen LogP contribution >= 0.6 is 0 Å². The minimum Gasteiger partial charge on any atom is -0.494 e. The zero-order valence-corrected chi connectivity index (χ0v) is 12.0. The Labute approximate surface area is 116 Å². The molecule has 1 aliphatic heterocycles. The molecule has 1 aromatic carbocycles. The summed E-state index contributed by atoms with van der Waals surface area (Å²) in [5.41, 5.74) is 1.25. The average Bonchev–Trinajstić information content (AvgIpc) is 2.95. The first-order valence-corrected chi connectivity index (χ1v) is 7.35. The van der Waals surface area contributed by atoms with E-state index in [4.69, 9.17) is 9.47 Å². The largest absolute Gasteiger partial charge is 0.494 e. The van der Waals surface area contributed by atoms with E-state index < -0.39 is 0 Å². The minimum atomic E-state index is 0.340. The van der Waals surface area contributed by atoms with Crippen LogP contribution in [0.4, 0.5) is 0 Å². The standard InChI is InChI=1S/C16H25NO2/c1-3-18-16-9-5-4-8-14(16)15(17-2)11-10-13-7-6-12-19-13/h4-5,8-9,13,15,17H,3,6-7,10-12H2,1-2H3. The van der Waals surface area contributed by atoms with Gasteiger partial charge in [-0.3, -0.25) is 0 Å². The number of hydrogen-bond acceptors (Lipinski definition) is 3. The fourth-order valence-electron chi connectivity index (χ4n) is 2.74. The predicted molar refractivity (Wildman–Crippen MR) is 77.6 cm³/mol. The van der Waals surface area contributed by atoms with Gasteiger partial charge in [-0.1, -0.05) is 18.2 Å². The molecule has 1 heterocycles. The number of nitrogens with one attached hydrogen (secondary N) is 1. The van der Waals surface area contributed by atoms with Crippen molar-refractivity contribution in [3.05, 3.63) is 29.8 Å². The average molecular weight is 263 g/mol. The highest BCUT2D eigenvalue weighted by Crippen LogP contribution is 2.29. The Morgan fingerprint density at radius 2 is 2.26 bits per heavy atom. The summed E-state index contributed by atoms with van der Waals surface area (Å²) in [6, 6.07) is 8.65. The van der Waals surface area contributed by atoms with Crippen LogP contribution in [0.1, 0.15) is 44.2 Å². The van der Waals surface area contributed by atoms with Crippen molar-refractivity contribution >= 4 is 0 Å². The van der Waals surface area contributed by atoms with Crippen molar-refractivity contribution in [2.75, 3.05) is 20.3 Å². The molecule has 0 aromatic heterocycles. The van der Waals surface area contributed by atoms with Crippen LogP contribution in [-0.4, -0.2) is 26.4 Å². The highest BCUT2D eigenvalue weighted by molar-refractivity contribution is 5.35. The molecule has 1 aromatic rings. The molecule has 2 unspecified atom stereocenters. The van der Waals surface area contributed by atoms with Crippen LogP contribution in [0, 0.1) is 0 Å². The lowest BCUT2D eigenvalue weighted by molar-refractivity contribution is 0.0997. The van der Waals surface area contributed by atoms with Crippen molar-refractivity contribution in [2.45, 2.75) is 44.8 Å². The van der Waals surface area contributed by atoms with E-state index in [9.17, 15) is 0 Å². The molecule has 3 nitrogen and oxygen atoms in total. The molecule has 0 spiro atoms. The number of benzene rings is 1. The lowest BCUT2D eigenvalue weighted by Gasteiger charge is -2.21. The highest BCUT2D eigenvalue weighted by Gasteiger charge is 2.19. The number of hydrogen-bond donors (Lipinski definition) is 1. The van der Waals surface area contributed by atoms with Gasteiger partial charge in [0, 0.05) is 18.2 Å². The Morgan fingerprint density at radius 1 is 1.42 bits per heavy atom. The third kappa shape index (κ3) is 3.95. The summed E-state index contributed by atoms with van der Waals surface area (Å²) >= 11 is 0. The first-order valence-electron chi connectivity index (χ1n) is 7.35. The Hall–Kier alpha value is -1.06. The van der Waals surface area contributed by atoms with Gasteiger partial charge >= 0.3 is 0 Å². The Kier molecular flexibility index (Phi) is 5.67. The molecule has 1 fully saturated rings. The van der Waals surface area contributed by atoms with Crippen molar-refractivity contribution in [2.24, 2.45) is 0 Å². The van der Waals surface area contributed by atoms with Crippen LogP contribution in [0.15, 0.2) is 24.3 Å². The fraction of sp³-hybridized carbons (Fsp3) is 0.625. The zero-order valence-electron chi connectivity index (χ0n) is 12.0. The SMILES string of the molecule is CCOc1ccccc1C(CCC1CCCO1)NC. The van der Waals surface area contributed by atoms with Crippen LogP contribution in [0.3, 0.4) is 0 Å². The van der Waals surface area contributed by atoms with Gasteiger partial charge in [-0.25, -0.2) is 0 Å². The summed E-state index contributed by atoms with van der Waals surface area (Å²) in [5, 5.41) is 3.41. The molecule has 1 aliphatic rings. The van der Waals surface area contributed by atoms with Gasteiger partial charge in [-0.05, 0) is 45.7 Å². The van der Waals surface area contributed by atoms with E-state index in [0.717, 1.165) is 25.2 Å². The van der Waals surface area contributed by atoms with Crippen LogP contribution in [0.2, 0.25) is 0 Å². The second-order valence-corrected chi connectivity index (χ2v) is 5.02. The molecular weight excluding hydrogens is 238 g/mol. The van der Waals surface area contributed by atoms with Crippen LogP contribution in [-0.2, 0) is 4.74 Å². The third-order valence-corrected chi connectivity index (χ3v) is 3.74. The van der Waals surface area contributed by atoms with Gasteiger partial charge < -0.3 is 14.8 Å². The maximum absolute atomic E-state index is 5.72. The molecule has 2 rings (SSSR count).